The normalized spacial score (nSPS) is 18.0. The molecule has 188 valence electrons. The van der Waals surface area contributed by atoms with Crippen molar-refractivity contribution in [3.63, 3.8) is 0 Å². The number of likely N-dealkylation sites (tertiary alicyclic amines) is 1. The number of aromatic nitrogens is 3. The van der Waals surface area contributed by atoms with Crippen molar-refractivity contribution in [2.75, 3.05) is 17.7 Å². The van der Waals surface area contributed by atoms with Gasteiger partial charge in [0.25, 0.3) is 5.91 Å². The van der Waals surface area contributed by atoms with Gasteiger partial charge in [-0.15, -0.1) is 0 Å². The second-order valence-electron chi connectivity index (χ2n) is 9.34. The molecule has 4 amide bonds. The van der Waals surface area contributed by atoms with Gasteiger partial charge < -0.3 is 11.1 Å². The van der Waals surface area contributed by atoms with E-state index in [-0.39, 0.29) is 24.3 Å². The number of imide groups is 1. The first-order valence-corrected chi connectivity index (χ1v) is 11.8. The molecular weight excluding hydrogens is 458 g/mol. The second kappa shape index (κ2) is 10.2. The van der Waals surface area contributed by atoms with E-state index in [0.29, 0.717) is 11.6 Å². The van der Waals surface area contributed by atoms with Crippen LogP contribution in [0.4, 0.5) is 16.4 Å². The number of aryl methyl sites for hydroxylation is 1. The molecule has 0 bridgehead atoms. The van der Waals surface area contributed by atoms with Crippen LogP contribution < -0.4 is 16.0 Å². The smallest absolute Gasteiger partial charge is 0.325 e. The highest BCUT2D eigenvalue weighted by atomic mass is 16.2. The Hall–Kier alpha value is -4.21. The summed E-state index contributed by atoms with van der Waals surface area (Å²) in [5.74, 6) is -0.553. The van der Waals surface area contributed by atoms with Gasteiger partial charge in [0.2, 0.25) is 5.91 Å². The van der Waals surface area contributed by atoms with Gasteiger partial charge in [0.15, 0.2) is 0 Å². The molecule has 1 aliphatic heterocycles. The monoisotopic (exact) mass is 489 g/mol. The highest BCUT2D eigenvalue weighted by molar-refractivity contribution is 6.12. The largest absolute Gasteiger partial charge is 0.384 e. The number of pyridine rings is 1. The van der Waals surface area contributed by atoms with E-state index in [9.17, 15) is 14.4 Å². The van der Waals surface area contributed by atoms with Crippen LogP contribution in [0.1, 0.15) is 31.0 Å². The third kappa shape index (κ3) is 4.79. The number of rotatable bonds is 7. The lowest BCUT2D eigenvalue weighted by atomic mass is 9.81. The molecule has 4 rings (SSSR count). The summed E-state index contributed by atoms with van der Waals surface area (Å²) in [6.07, 6.45) is 3.40. The van der Waals surface area contributed by atoms with Crippen LogP contribution in [-0.4, -0.2) is 50.6 Å². The molecule has 1 saturated heterocycles. The van der Waals surface area contributed by atoms with Crippen molar-refractivity contribution in [3.05, 3.63) is 72.1 Å². The van der Waals surface area contributed by atoms with Crippen LogP contribution in [0.15, 0.2) is 60.9 Å². The molecule has 3 aromatic rings. The van der Waals surface area contributed by atoms with Crippen molar-refractivity contribution < 1.29 is 14.4 Å². The van der Waals surface area contributed by atoms with Gasteiger partial charge in [-0.1, -0.05) is 44.2 Å². The Morgan fingerprint density at radius 1 is 1.14 bits per heavy atom. The molecule has 10 nitrogen and oxygen atoms in total. The first-order chi connectivity index (χ1) is 17.2. The maximum Gasteiger partial charge on any atom is 0.325 e. The van der Waals surface area contributed by atoms with E-state index in [0.717, 1.165) is 16.0 Å². The molecule has 1 aliphatic rings. The van der Waals surface area contributed by atoms with Gasteiger partial charge in [-0.3, -0.25) is 24.1 Å². The van der Waals surface area contributed by atoms with E-state index in [2.05, 4.69) is 15.4 Å². The van der Waals surface area contributed by atoms with Crippen molar-refractivity contribution in [2.45, 2.75) is 32.4 Å². The predicted molar refractivity (Wildman–Crippen MR) is 136 cm³/mol. The Labute approximate surface area is 210 Å². The van der Waals surface area contributed by atoms with Crippen LogP contribution in [0.2, 0.25) is 0 Å². The van der Waals surface area contributed by atoms with Crippen molar-refractivity contribution in [1.29, 1.82) is 0 Å². The summed E-state index contributed by atoms with van der Waals surface area (Å²) in [4.78, 5) is 46.9. The number of hydrogen-bond acceptors (Lipinski definition) is 6. The van der Waals surface area contributed by atoms with Crippen molar-refractivity contribution in [2.24, 2.45) is 18.9 Å². The fraction of sp³-hybridized carbons (Fsp3) is 0.346. The lowest BCUT2D eigenvalue weighted by Gasteiger charge is -2.46. The number of carbonyl (C=O) groups excluding carboxylic acids is 3. The molecule has 0 aliphatic carbocycles. The lowest BCUT2D eigenvalue weighted by molar-refractivity contribution is -0.156. The van der Waals surface area contributed by atoms with Gasteiger partial charge in [-0.2, -0.15) is 5.10 Å². The zero-order chi connectivity index (χ0) is 26.0. The average Bonchev–Trinajstić information content (AvgIpc) is 3.29. The van der Waals surface area contributed by atoms with Crippen LogP contribution in [0.3, 0.4) is 0 Å². The number of hydrogen-bond donors (Lipinski definition) is 2. The number of anilines is 2. The maximum atomic E-state index is 13.7. The number of nitrogens with one attached hydrogen (secondary N) is 1. The Balaban J connectivity index is 1.62. The van der Waals surface area contributed by atoms with E-state index in [1.165, 1.54) is 4.90 Å². The maximum absolute atomic E-state index is 13.7. The van der Waals surface area contributed by atoms with Crippen LogP contribution >= 0.6 is 0 Å². The summed E-state index contributed by atoms with van der Waals surface area (Å²) in [5.41, 5.74) is 7.50. The SMILES string of the molecule is CC(C)[C@@H](NC(=O)N1C(=O)[C@H](Cc2ccnc(N)c2)[C@H]1C(=O)N(C)c1ccnn1C)c1ccccc1. The second-order valence-corrected chi connectivity index (χ2v) is 9.34. The Bertz CT molecular complexity index is 1260. The molecule has 10 heteroatoms. The molecule has 0 unspecified atom stereocenters. The molecule has 3 N–H and O–H groups in total. The molecule has 0 spiro atoms. The quantitative estimate of drug-likeness (QED) is 0.491. The Morgan fingerprint density at radius 2 is 1.86 bits per heavy atom. The van der Waals surface area contributed by atoms with Crippen molar-refractivity contribution in [1.82, 2.24) is 25.0 Å². The summed E-state index contributed by atoms with van der Waals surface area (Å²) >= 11 is 0. The summed E-state index contributed by atoms with van der Waals surface area (Å²) < 4.78 is 1.56. The minimum absolute atomic E-state index is 0.0644. The molecule has 0 radical (unpaired) electrons. The molecule has 36 heavy (non-hydrogen) atoms. The van der Waals surface area contributed by atoms with Crippen LogP contribution in [0.25, 0.3) is 0 Å². The van der Waals surface area contributed by atoms with Gasteiger partial charge in [0.1, 0.15) is 17.7 Å². The predicted octanol–water partition coefficient (Wildman–Crippen LogP) is 2.54. The van der Waals surface area contributed by atoms with E-state index in [1.807, 2.05) is 44.2 Å². The van der Waals surface area contributed by atoms with Crippen LogP contribution in [0, 0.1) is 11.8 Å². The lowest BCUT2D eigenvalue weighted by Crippen LogP contribution is -2.70. The van der Waals surface area contributed by atoms with Gasteiger partial charge in [0.05, 0.1) is 18.2 Å². The molecule has 2 aromatic heterocycles. The van der Waals surface area contributed by atoms with E-state index >= 15 is 0 Å². The highest BCUT2D eigenvalue weighted by Gasteiger charge is 2.55. The molecule has 1 fully saturated rings. The third-order valence-electron chi connectivity index (χ3n) is 6.56. The topological polar surface area (TPSA) is 126 Å². The summed E-state index contributed by atoms with van der Waals surface area (Å²) in [6, 6.07) is 12.8. The average molecular weight is 490 g/mol. The van der Waals surface area contributed by atoms with Crippen molar-refractivity contribution in [3.8, 4) is 0 Å². The minimum atomic E-state index is -0.977. The van der Waals surface area contributed by atoms with E-state index < -0.39 is 23.9 Å². The fourth-order valence-electron chi connectivity index (χ4n) is 4.64. The third-order valence-corrected chi connectivity index (χ3v) is 6.56. The fourth-order valence-corrected chi connectivity index (χ4v) is 4.64. The number of carbonyl (C=O) groups is 3. The number of β-lactam (4-membered cyclic amide) rings is 1. The number of nitrogens with two attached hydrogens (primary N) is 1. The molecule has 3 atom stereocenters. The van der Waals surface area contributed by atoms with Crippen LogP contribution in [0.5, 0.6) is 0 Å². The molecule has 3 heterocycles. The minimum Gasteiger partial charge on any atom is -0.384 e. The molecular formula is C26H31N7O3. The zero-order valence-electron chi connectivity index (χ0n) is 20.8. The zero-order valence-corrected chi connectivity index (χ0v) is 20.8. The van der Waals surface area contributed by atoms with E-state index in [1.54, 1.807) is 49.4 Å². The first-order valence-electron chi connectivity index (χ1n) is 11.8. The summed E-state index contributed by atoms with van der Waals surface area (Å²) in [6.45, 7) is 3.98. The summed E-state index contributed by atoms with van der Waals surface area (Å²) in [5, 5.41) is 7.10. The standard InChI is InChI=1S/C26H31N7O3/c1-16(2)22(18-8-6-5-7-9-18)30-26(36)33-23(25(35)31(3)21-11-13-29-32(21)4)19(24(33)34)14-17-10-12-28-20(27)15-17/h5-13,15-16,19,22-23H,14H2,1-4H3,(H2,27,28)(H,30,36)/t19-,22-,23+/m1/s1. The first kappa shape index (κ1) is 24.9. The van der Waals surface area contributed by atoms with E-state index in [4.69, 9.17) is 5.73 Å². The van der Waals surface area contributed by atoms with Crippen molar-refractivity contribution >= 4 is 29.5 Å². The number of urea groups is 1. The number of amides is 4. The number of nitrogens with zero attached hydrogens (tertiary/aromatic N) is 5. The number of benzene rings is 1. The van der Waals surface area contributed by atoms with Gasteiger partial charge >= 0.3 is 6.03 Å². The summed E-state index contributed by atoms with van der Waals surface area (Å²) in [7, 11) is 3.33. The highest BCUT2D eigenvalue weighted by Crippen LogP contribution is 2.33. The van der Waals surface area contributed by atoms with Gasteiger partial charge in [-0.05, 0) is 35.6 Å². The Kier molecular flexibility index (Phi) is 7.05. The Morgan fingerprint density at radius 3 is 2.47 bits per heavy atom. The number of nitrogen functional groups attached to an aromatic ring is 1. The number of likely N-dealkylation sites (N-methyl/N-ethyl adjacent to an activating group) is 1. The van der Waals surface area contributed by atoms with Crippen LogP contribution in [-0.2, 0) is 23.1 Å². The molecule has 1 aromatic carbocycles. The molecule has 0 saturated carbocycles. The van der Waals surface area contributed by atoms with Gasteiger partial charge in [0, 0.05) is 26.4 Å². The van der Waals surface area contributed by atoms with Gasteiger partial charge in [-0.25, -0.2) is 9.78 Å².